The van der Waals surface area contributed by atoms with Gasteiger partial charge in [0.25, 0.3) is 0 Å². The summed E-state index contributed by atoms with van der Waals surface area (Å²) in [6, 6.07) is 33.6. The second-order valence-corrected chi connectivity index (χ2v) is 20.1. The smallest absolute Gasteiger partial charge is 0.0898 e. The van der Waals surface area contributed by atoms with Gasteiger partial charge < -0.3 is 0 Å². The molecule has 0 amide bonds. The van der Waals surface area contributed by atoms with Crippen molar-refractivity contribution in [3.8, 4) is 0 Å². The van der Waals surface area contributed by atoms with Crippen LogP contribution in [0.1, 0.15) is 26.3 Å². The van der Waals surface area contributed by atoms with E-state index < -0.39 is 16.1 Å². The Balaban J connectivity index is 2.32. The first-order valence-corrected chi connectivity index (χ1v) is 16.6. The average molecular weight is 429 g/mol. The minimum Gasteiger partial charge on any atom is -0.0898 e. The lowest BCUT2D eigenvalue weighted by atomic mass is 10.1. The molecular formula is C28H36Si2. The van der Waals surface area contributed by atoms with E-state index in [0.29, 0.717) is 0 Å². The highest BCUT2D eigenvalue weighted by molar-refractivity contribution is 7.08. The van der Waals surface area contributed by atoms with Crippen molar-refractivity contribution < 1.29 is 0 Å². The third kappa shape index (κ3) is 4.76. The summed E-state index contributed by atoms with van der Waals surface area (Å²) in [5.41, 5.74) is 4.21. The van der Waals surface area contributed by atoms with Crippen molar-refractivity contribution >= 4 is 26.5 Å². The standard InChI is InChI=1S/C28H36Si2/c1-28(2,3)30(25-18-12-8-13-19-25,26-20-14-9-15-21-26)23-27(29(4,5)6)22-24-16-10-7-11-17-24/h7-21,23H,22H2,1-6H3/b27-23+. The van der Waals surface area contributed by atoms with Crippen LogP contribution in [0.5, 0.6) is 0 Å². The Morgan fingerprint density at radius 1 is 0.667 bits per heavy atom. The van der Waals surface area contributed by atoms with E-state index in [1.165, 1.54) is 15.9 Å². The van der Waals surface area contributed by atoms with Crippen LogP contribution in [0.2, 0.25) is 24.7 Å². The molecule has 0 nitrogen and oxygen atoms in total. The Morgan fingerprint density at radius 3 is 1.43 bits per heavy atom. The van der Waals surface area contributed by atoms with Crippen LogP contribution in [0.3, 0.4) is 0 Å². The van der Waals surface area contributed by atoms with Crippen LogP contribution in [0.4, 0.5) is 0 Å². The zero-order chi connectivity index (χ0) is 21.8. The third-order valence-electron chi connectivity index (χ3n) is 6.23. The average Bonchev–Trinajstić information content (AvgIpc) is 2.71. The second kappa shape index (κ2) is 8.91. The lowest BCUT2D eigenvalue weighted by Crippen LogP contribution is -2.63. The molecule has 0 unspecified atom stereocenters. The summed E-state index contributed by atoms with van der Waals surface area (Å²) in [7, 11) is -3.73. The van der Waals surface area contributed by atoms with Crippen LogP contribution in [-0.4, -0.2) is 16.1 Å². The van der Waals surface area contributed by atoms with Gasteiger partial charge in [-0.25, -0.2) is 0 Å². The maximum atomic E-state index is 2.79. The largest absolute Gasteiger partial charge is 0.146 e. The van der Waals surface area contributed by atoms with Crippen LogP contribution in [-0.2, 0) is 6.42 Å². The monoisotopic (exact) mass is 428 g/mol. The number of rotatable bonds is 6. The fraction of sp³-hybridized carbons (Fsp3) is 0.286. The third-order valence-corrected chi connectivity index (χ3v) is 14.4. The topological polar surface area (TPSA) is 0 Å². The highest BCUT2D eigenvalue weighted by Crippen LogP contribution is 2.38. The van der Waals surface area contributed by atoms with Gasteiger partial charge in [-0.15, -0.1) is 0 Å². The quantitative estimate of drug-likeness (QED) is 0.386. The minimum absolute atomic E-state index is 0.150. The molecule has 0 saturated heterocycles. The number of hydrogen-bond donors (Lipinski definition) is 0. The molecule has 3 aromatic rings. The van der Waals surface area contributed by atoms with Crippen molar-refractivity contribution in [1.82, 2.24) is 0 Å². The molecule has 0 aliphatic carbocycles. The van der Waals surface area contributed by atoms with Gasteiger partial charge in [-0.2, -0.15) is 0 Å². The van der Waals surface area contributed by atoms with Crippen molar-refractivity contribution in [3.05, 3.63) is 107 Å². The van der Waals surface area contributed by atoms with Crippen molar-refractivity contribution in [1.29, 1.82) is 0 Å². The summed E-state index contributed by atoms with van der Waals surface area (Å²) in [6.07, 6.45) is 1.06. The normalized spacial score (nSPS) is 13.3. The predicted octanol–water partition coefficient (Wildman–Crippen LogP) is 6.64. The molecule has 156 valence electrons. The molecule has 0 saturated carbocycles. The lowest BCUT2D eigenvalue weighted by molar-refractivity contribution is 0.738. The SMILES string of the molecule is CC(C)(C)[Si](/C=C(\Cc1ccccc1)[Si](C)(C)C)(c1ccccc1)c1ccccc1. The van der Waals surface area contributed by atoms with Crippen LogP contribution < -0.4 is 10.4 Å². The number of benzene rings is 3. The van der Waals surface area contributed by atoms with Crippen molar-refractivity contribution in [3.63, 3.8) is 0 Å². The fourth-order valence-electron chi connectivity index (χ4n) is 4.43. The number of allylic oxidation sites excluding steroid dienone is 1. The molecule has 0 aliphatic heterocycles. The molecule has 0 bridgehead atoms. The van der Waals surface area contributed by atoms with E-state index in [1.807, 2.05) is 0 Å². The molecule has 0 aromatic heterocycles. The van der Waals surface area contributed by atoms with Gasteiger partial charge >= 0.3 is 0 Å². The molecule has 0 N–H and O–H groups in total. The summed E-state index contributed by atoms with van der Waals surface area (Å²) in [5, 5.41) is 4.83. The lowest BCUT2D eigenvalue weighted by Gasteiger charge is -2.43. The predicted molar refractivity (Wildman–Crippen MR) is 139 cm³/mol. The van der Waals surface area contributed by atoms with E-state index in [1.54, 1.807) is 5.20 Å². The zero-order valence-corrected chi connectivity index (χ0v) is 21.4. The summed E-state index contributed by atoms with van der Waals surface area (Å²) in [4.78, 5) is 0. The van der Waals surface area contributed by atoms with Gasteiger partial charge in [-0.1, -0.05) is 142 Å². The first-order chi connectivity index (χ1) is 14.1. The summed E-state index contributed by atoms with van der Waals surface area (Å²) < 4.78 is 0. The van der Waals surface area contributed by atoms with E-state index in [2.05, 4.69) is 137 Å². The van der Waals surface area contributed by atoms with Gasteiger partial charge in [-0.3, -0.25) is 0 Å². The van der Waals surface area contributed by atoms with Gasteiger partial charge in [0.1, 0.15) is 8.07 Å². The van der Waals surface area contributed by atoms with E-state index >= 15 is 0 Å². The molecule has 2 heteroatoms. The Labute approximate surface area is 185 Å². The zero-order valence-electron chi connectivity index (χ0n) is 19.4. The first kappa shape index (κ1) is 22.5. The van der Waals surface area contributed by atoms with E-state index in [9.17, 15) is 0 Å². The molecule has 3 aromatic carbocycles. The van der Waals surface area contributed by atoms with Crippen molar-refractivity contribution in [2.24, 2.45) is 0 Å². The van der Waals surface area contributed by atoms with Gasteiger partial charge in [-0.05, 0) is 27.4 Å². The fourth-order valence-corrected chi connectivity index (χ4v) is 12.4. The maximum absolute atomic E-state index is 2.79. The van der Waals surface area contributed by atoms with Crippen LogP contribution in [0.15, 0.2) is 102 Å². The van der Waals surface area contributed by atoms with Gasteiger partial charge in [0.2, 0.25) is 0 Å². The summed E-state index contributed by atoms with van der Waals surface area (Å²) in [5.74, 6) is 0. The first-order valence-electron chi connectivity index (χ1n) is 11.0. The second-order valence-electron chi connectivity index (χ2n) is 10.4. The van der Waals surface area contributed by atoms with E-state index in [-0.39, 0.29) is 5.04 Å². The molecule has 0 radical (unpaired) electrons. The maximum Gasteiger partial charge on any atom is 0.146 e. The van der Waals surface area contributed by atoms with Gasteiger partial charge in [0, 0.05) is 0 Å². The summed E-state index contributed by atoms with van der Waals surface area (Å²) >= 11 is 0. The van der Waals surface area contributed by atoms with Crippen molar-refractivity contribution in [2.45, 2.75) is 51.9 Å². The molecule has 0 heterocycles. The van der Waals surface area contributed by atoms with Crippen LogP contribution in [0.25, 0.3) is 0 Å². The van der Waals surface area contributed by atoms with Crippen LogP contribution >= 0.6 is 0 Å². The highest BCUT2D eigenvalue weighted by Gasteiger charge is 2.46. The molecule has 0 aliphatic rings. The number of hydrogen-bond acceptors (Lipinski definition) is 0. The Bertz CT molecular complexity index is 920. The van der Waals surface area contributed by atoms with Gasteiger partial charge in [0.15, 0.2) is 0 Å². The Kier molecular flexibility index (Phi) is 6.69. The summed E-state index contributed by atoms with van der Waals surface area (Å²) in [6.45, 7) is 14.8. The molecule has 3 rings (SSSR count). The van der Waals surface area contributed by atoms with Gasteiger partial charge in [0.05, 0.1) is 8.07 Å². The van der Waals surface area contributed by atoms with E-state index in [0.717, 1.165) is 6.42 Å². The Hall–Kier alpha value is -2.17. The Morgan fingerprint density at radius 2 is 1.07 bits per heavy atom. The molecule has 0 atom stereocenters. The molecule has 0 spiro atoms. The van der Waals surface area contributed by atoms with Crippen molar-refractivity contribution in [2.75, 3.05) is 0 Å². The minimum atomic E-state index is -2.20. The molecular weight excluding hydrogens is 392 g/mol. The van der Waals surface area contributed by atoms with E-state index in [4.69, 9.17) is 0 Å². The molecule has 0 fully saturated rings. The molecule has 30 heavy (non-hydrogen) atoms. The highest BCUT2D eigenvalue weighted by atomic mass is 28.3. The van der Waals surface area contributed by atoms with Crippen LogP contribution in [0, 0.1) is 0 Å².